The average Bonchev–Trinajstić information content (AvgIpc) is 2.76. The normalized spacial score (nSPS) is 15.0. The lowest BCUT2D eigenvalue weighted by Crippen LogP contribution is -2.40. The maximum Gasteiger partial charge on any atom is 0.258 e. The second kappa shape index (κ2) is 9.95. The molecule has 1 amide bonds. The maximum absolute atomic E-state index is 14.2. The number of anilines is 2. The predicted octanol–water partition coefficient (Wildman–Crippen LogP) is 3.60. The van der Waals surface area contributed by atoms with E-state index in [1.165, 1.54) is 28.6 Å². The van der Waals surface area contributed by atoms with Gasteiger partial charge in [-0.25, -0.2) is 12.8 Å². The van der Waals surface area contributed by atoms with Crippen LogP contribution in [0, 0.1) is 5.82 Å². The number of ether oxygens (including phenoxy) is 1. The van der Waals surface area contributed by atoms with E-state index in [0.717, 1.165) is 6.07 Å². The van der Waals surface area contributed by atoms with Crippen molar-refractivity contribution in [1.82, 2.24) is 4.31 Å². The summed E-state index contributed by atoms with van der Waals surface area (Å²) in [5.74, 6) is -1.45. The Morgan fingerprint density at radius 1 is 1.16 bits per heavy atom. The highest BCUT2D eigenvalue weighted by Gasteiger charge is 2.28. The smallest absolute Gasteiger partial charge is 0.258 e. The third-order valence-electron chi connectivity index (χ3n) is 5.10. The van der Waals surface area contributed by atoms with Crippen molar-refractivity contribution in [3.8, 4) is 0 Å². The van der Waals surface area contributed by atoms with Gasteiger partial charge in [-0.3, -0.25) is 4.79 Å². The van der Waals surface area contributed by atoms with Crippen LogP contribution in [-0.4, -0.2) is 58.0 Å². The minimum Gasteiger partial charge on any atom is -0.379 e. The molecule has 7 nitrogen and oxygen atoms in total. The number of rotatable bonds is 7. The van der Waals surface area contributed by atoms with E-state index >= 15 is 0 Å². The fraction of sp³-hybridized carbons (Fsp3) is 0.381. The molecule has 0 atom stereocenters. The molecule has 1 aliphatic rings. The highest BCUT2D eigenvalue weighted by Crippen LogP contribution is 2.31. The van der Waals surface area contributed by atoms with Crippen LogP contribution in [0.2, 0.25) is 5.02 Å². The summed E-state index contributed by atoms with van der Waals surface area (Å²) >= 11 is 5.77. The van der Waals surface area contributed by atoms with Crippen LogP contribution in [-0.2, 0) is 14.8 Å². The van der Waals surface area contributed by atoms with Crippen LogP contribution in [0.5, 0.6) is 0 Å². The minimum absolute atomic E-state index is 0.0529. The predicted molar refractivity (Wildman–Crippen MR) is 119 cm³/mol. The van der Waals surface area contributed by atoms with Gasteiger partial charge in [0.05, 0.1) is 35.0 Å². The third kappa shape index (κ3) is 5.17. The van der Waals surface area contributed by atoms with Crippen LogP contribution >= 0.6 is 11.6 Å². The van der Waals surface area contributed by atoms with E-state index in [2.05, 4.69) is 5.32 Å². The summed E-state index contributed by atoms with van der Waals surface area (Å²) in [6, 6.07) is 8.37. The van der Waals surface area contributed by atoms with Crippen LogP contribution in [0.15, 0.2) is 41.3 Å². The summed E-state index contributed by atoms with van der Waals surface area (Å²) in [4.78, 5) is 14.8. The number of nitrogens with zero attached hydrogens (tertiary/aromatic N) is 2. The molecule has 0 radical (unpaired) electrons. The van der Waals surface area contributed by atoms with Gasteiger partial charge < -0.3 is 15.0 Å². The molecule has 0 unspecified atom stereocenters. The molecular formula is C21H25ClFN3O4S. The van der Waals surface area contributed by atoms with Crippen molar-refractivity contribution < 1.29 is 22.3 Å². The molecule has 0 saturated carbocycles. The summed E-state index contributed by atoms with van der Waals surface area (Å²) in [6.07, 6.45) is 0. The molecular weight excluding hydrogens is 445 g/mol. The first-order valence-electron chi connectivity index (χ1n) is 10.0. The largest absolute Gasteiger partial charge is 0.379 e. The summed E-state index contributed by atoms with van der Waals surface area (Å²) in [5, 5.41) is 2.86. The van der Waals surface area contributed by atoms with Gasteiger partial charge in [-0.2, -0.15) is 4.31 Å². The monoisotopic (exact) mass is 469 g/mol. The maximum atomic E-state index is 14.2. The summed E-state index contributed by atoms with van der Waals surface area (Å²) in [7, 11) is -3.76. The molecule has 3 rings (SSSR count). The van der Waals surface area contributed by atoms with Crippen LogP contribution in [0.1, 0.15) is 24.2 Å². The van der Waals surface area contributed by atoms with Gasteiger partial charge in [0.25, 0.3) is 5.91 Å². The molecule has 1 saturated heterocycles. The number of hydrogen-bond donors (Lipinski definition) is 1. The second-order valence-corrected chi connectivity index (χ2v) is 9.32. The average molecular weight is 470 g/mol. The zero-order valence-electron chi connectivity index (χ0n) is 17.4. The van der Waals surface area contributed by atoms with E-state index in [1.807, 2.05) is 18.7 Å². The molecule has 1 heterocycles. The van der Waals surface area contributed by atoms with Crippen LogP contribution in [0.25, 0.3) is 0 Å². The molecule has 0 aromatic heterocycles. The zero-order chi connectivity index (χ0) is 22.6. The molecule has 0 aliphatic carbocycles. The van der Waals surface area contributed by atoms with Crippen molar-refractivity contribution in [3.05, 3.63) is 52.8 Å². The van der Waals surface area contributed by atoms with E-state index < -0.39 is 21.7 Å². The SMILES string of the molecule is CCN(CC)c1ccc(S(=O)(=O)N2CCOCC2)cc1NC(=O)c1ccc(Cl)cc1F. The van der Waals surface area contributed by atoms with Gasteiger partial charge in [-0.15, -0.1) is 0 Å². The Balaban J connectivity index is 2.00. The highest BCUT2D eigenvalue weighted by molar-refractivity contribution is 7.89. The molecule has 2 aromatic rings. The summed E-state index contributed by atoms with van der Waals surface area (Å²) < 4.78 is 47.0. The number of nitrogens with one attached hydrogen (secondary N) is 1. The number of sulfonamides is 1. The zero-order valence-corrected chi connectivity index (χ0v) is 19.0. The molecule has 168 valence electrons. The Kier molecular flexibility index (Phi) is 7.53. The van der Waals surface area contributed by atoms with Gasteiger partial charge in [0.15, 0.2) is 0 Å². The van der Waals surface area contributed by atoms with Crippen molar-refractivity contribution in [3.63, 3.8) is 0 Å². The topological polar surface area (TPSA) is 79.0 Å². The molecule has 2 aromatic carbocycles. The number of carbonyl (C=O) groups is 1. The van der Waals surface area contributed by atoms with Gasteiger partial charge in [-0.1, -0.05) is 11.6 Å². The number of carbonyl (C=O) groups excluding carboxylic acids is 1. The van der Waals surface area contributed by atoms with Crippen molar-refractivity contribution >= 4 is 38.9 Å². The second-order valence-electron chi connectivity index (χ2n) is 6.95. The van der Waals surface area contributed by atoms with Crippen LogP contribution in [0.4, 0.5) is 15.8 Å². The lowest BCUT2D eigenvalue weighted by molar-refractivity contribution is 0.0730. The highest BCUT2D eigenvalue weighted by atomic mass is 35.5. The van der Waals surface area contributed by atoms with E-state index in [9.17, 15) is 17.6 Å². The Bertz CT molecular complexity index is 1050. The van der Waals surface area contributed by atoms with Gasteiger partial charge in [0.1, 0.15) is 5.82 Å². The minimum atomic E-state index is -3.76. The van der Waals surface area contributed by atoms with Gasteiger partial charge in [0, 0.05) is 31.2 Å². The van der Waals surface area contributed by atoms with Gasteiger partial charge >= 0.3 is 0 Å². The Hall–Kier alpha value is -2.20. The van der Waals surface area contributed by atoms with E-state index in [4.69, 9.17) is 16.3 Å². The van der Waals surface area contributed by atoms with E-state index in [1.54, 1.807) is 6.07 Å². The molecule has 1 N–H and O–H groups in total. The first kappa shape index (κ1) is 23.5. The molecule has 0 bridgehead atoms. The first-order valence-corrected chi connectivity index (χ1v) is 11.8. The van der Waals surface area contributed by atoms with Crippen molar-refractivity contribution in [2.75, 3.05) is 49.6 Å². The summed E-state index contributed by atoms with van der Waals surface area (Å²) in [5.41, 5.74) is 0.752. The van der Waals surface area contributed by atoms with Crippen molar-refractivity contribution in [2.24, 2.45) is 0 Å². The Morgan fingerprint density at radius 2 is 1.84 bits per heavy atom. The lowest BCUT2D eigenvalue weighted by atomic mass is 10.1. The first-order chi connectivity index (χ1) is 14.8. The van der Waals surface area contributed by atoms with Crippen LogP contribution in [0.3, 0.4) is 0 Å². The number of benzene rings is 2. The molecule has 31 heavy (non-hydrogen) atoms. The molecule has 1 aliphatic heterocycles. The van der Waals surface area contributed by atoms with Gasteiger partial charge in [0.2, 0.25) is 10.0 Å². The number of morpholine rings is 1. The third-order valence-corrected chi connectivity index (χ3v) is 7.23. The fourth-order valence-corrected chi connectivity index (χ4v) is 5.01. The molecule has 0 spiro atoms. The quantitative estimate of drug-likeness (QED) is 0.670. The number of halogens is 2. The Morgan fingerprint density at radius 3 is 2.45 bits per heavy atom. The fourth-order valence-electron chi connectivity index (χ4n) is 3.42. The number of hydrogen-bond acceptors (Lipinski definition) is 5. The van der Waals surface area contributed by atoms with E-state index in [0.29, 0.717) is 32.0 Å². The van der Waals surface area contributed by atoms with Gasteiger partial charge in [-0.05, 0) is 50.2 Å². The van der Waals surface area contributed by atoms with Crippen molar-refractivity contribution in [1.29, 1.82) is 0 Å². The lowest BCUT2D eigenvalue weighted by Gasteiger charge is -2.28. The number of amides is 1. The Labute approximate surface area is 186 Å². The molecule has 1 fully saturated rings. The van der Waals surface area contributed by atoms with Crippen LogP contribution < -0.4 is 10.2 Å². The van der Waals surface area contributed by atoms with E-state index in [-0.39, 0.29) is 34.3 Å². The molecule has 10 heteroatoms. The van der Waals surface area contributed by atoms with Crippen molar-refractivity contribution in [2.45, 2.75) is 18.7 Å². The summed E-state index contributed by atoms with van der Waals surface area (Å²) in [6.45, 7) is 6.37. The standard InChI is InChI=1S/C21H25ClFN3O4S/c1-3-25(4-2)20-8-6-16(31(28,29)26-9-11-30-12-10-26)14-19(20)24-21(27)17-7-5-15(22)13-18(17)23/h5-8,13-14H,3-4,9-12H2,1-2H3,(H,24,27).